The van der Waals surface area contributed by atoms with Gasteiger partial charge in [-0.15, -0.1) is 0 Å². The lowest BCUT2D eigenvalue weighted by molar-refractivity contribution is -0.142. The molecule has 0 radical (unpaired) electrons. The van der Waals surface area contributed by atoms with Crippen LogP contribution in [0.2, 0.25) is 0 Å². The summed E-state index contributed by atoms with van der Waals surface area (Å²) in [6.45, 7) is 2.64. The van der Waals surface area contributed by atoms with Gasteiger partial charge in [-0.2, -0.15) is 0 Å². The lowest BCUT2D eigenvalue weighted by Crippen LogP contribution is -2.40. The third-order valence-corrected chi connectivity index (χ3v) is 3.62. The van der Waals surface area contributed by atoms with E-state index in [2.05, 4.69) is 5.32 Å². The van der Waals surface area contributed by atoms with Crippen molar-refractivity contribution >= 4 is 17.6 Å². The van der Waals surface area contributed by atoms with Gasteiger partial charge in [0.15, 0.2) is 0 Å². The zero-order valence-electron chi connectivity index (χ0n) is 12.3. The summed E-state index contributed by atoms with van der Waals surface area (Å²) >= 11 is 0. The van der Waals surface area contributed by atoms with Gasteiger partial charge in [0.05, 0.1) is 19.3 Å². The monoisotopic (exact) mass is 292 g/mol. The normalized spacial score (nSPS) is 18.5. The maximum absolute atomic E-state index is 12.1. The maximum atomic E-state index is 12.1. The van der Waals surface area contributed by atoms with Crippen LogP contribution in [0.4, 0.5) is 5.69 Å². The number of likely N-dealkylation sites (tertiary alicyclic amines) is 1. The first-order valence-electron chi connectivity index (χ1n) is 6.92. The molecule has 1 aromatic carbocycles. The Hall–Kier alpha value is -2.08. The number of aryl methyl sites for hydroxylation is 1. The number of carbonyl (C=O) groups excluding carboxylic acids is 1. The van der Waals surface area contributed by atoms with E-state index in [9.17, 15) is 9.59 Å². The van der Waals surface area contributed by atoms with Gasteiger partial charge in [-0.05, 0) is 44.0 Å². The second-order valence-electron chi connectivity index (χ2n) is 5.22. The van der Waals surface area contributed by atoms with Crippen LogP contribution in [0.3, 0.4) is 0 Å². The lowest BCUT2D eigenvalue weighted by Gasteiger charge is -2.20. The molecule has 0 bridgehead atoms. The van der Waals surface area contributed by atoms with Crippen molar-refractivity contribution in [2.24, 2.45) is 0 Å². The quantitative estimate of drug-likeness (QED) is 0.859. The van der Waals surface area contributed by atoms with E-state index in [-0.39, 0.29) is 12.5 Å². The Morgan fingerprint density at radius 2 is 2.24 bits per heavy atom. The highest BCUT2D eigenvalue weighted by atomic mass is 16.5. The van der Waals surface area contributed by atoms with Gasteiger partial charge in [-0.1, -0.05) is 6.07 Å². The number of methoxy groups -OCH3 is 1. The van der Waals surface area contributed by atoms with Gasteiger partial charge < -0.3 is 15.2 Å². The smallest absolute Gasteiger partial charge is 0.320 e. The number of hydrogen-bond acceptors (Lipinski definition) is 4. The fraction of sp³-hybridized carbons (Fsp3) is 0.467. The van der Waals surface area contributed by atoms with Gasteiger partial charge in [-0.25, -0.2) is 0 Å². The molecule has 1 saturated heterocycles. The zero-order chi connectivity index (χ0) is 15.4. The Bertz CT molecular complexity index is 544. The Balaban J connectivity index is 2.02. The van der Waals surface area contributed by atoms with Gasteiger partial charge in [0.25, 0.3) is 0 Å². The van der Waals surface area contributed by atoms with Gasteiger partial charge in [0, 0.05) is 0 Å². The van der Waals surface area contributed by atoms with E-state index in [1.54, 1.807) is 18.1 Å². The summed E-state index contributed by atoms with van der Waals surface area (Å²) in [5, 5.41) is 11.9. The number of aliphatic carboxylic acids is 1. The van der Waals surface area contributed by atoms with Crippen LogP contribution in [0.1, 0.15) is 18.4 Å². The molecule has 1 aliphatic rings. The third-order valence-electron chi connectivity index (χ3n) is 3.62. The molecule has 1 heterocycles. The SMILES string of the molecule is COc1ccc(C)cc1NC(=O)CN1CCC[C@H]1C(=O)O. The van der Waals surface area contributed by atoms with Crippen LogP contribution in [0.15, 0.2) is 18.2 Å². The van der Waals surface area contributed by atoms with E-state index < -0.39 is 12.0 Å². The summed E-state index contributed by atoms with van der Waals surface area (Å²) in [6, 6.07) is 4.96. The number of anilines is 1. The molecule has 1 aromatic rings. The molecule has 0 unspecified atom stereocenters. The summed E-state index contributed by atoms with van der Waals surface area (Å²) in [7, 11) is 1.54. The minimum atomic E-state index is -0.867. The highest BCUT2D eigenvalue weighted by Gasteiger charge is 2.31. The number of ether oxygens (including phenoxy) is 1. The summed E-state index contributed by atoms with van der Waals surface area (Å²) < 4.78 is 5.21. The van der Waals surface area contributed by atoms with Crippen molar-refractivity contribution < 1.29 is 19.4 Å². The largest absolute Gasteiger partial charge is 0.495 e. The van der Waals surface area contributed by atoms with Crippen LogP contribution in [0.5, 0.6) is 5.75 Å². The first-order valence-corrected chi connectivity index (χ1v) is 6.92. The molecule has 2 N–H and O–H groups in total. The van der Waals surface area contributed by atoms with Crippen molar-refractivity contribution in [3.63, 3.8) is 0 Å². The van der Waals surface area contributed by atoms with Crippen LogP contribution < -0.4 is 10.1 Å². The second-order valence-corrected chi connectivity index (χ2v) is 5.22. The molecule has 1 amide bonds. The van der Waals surface area contributed by atoms with Crippen molar-refractivity contribution in [1.29, 1.82) is 0 Å². The molecule has 2 rings (SSSR count). The first-order chi connectivity index (χ1) is 10.0. The molecule has 21 heavy (non-hydrogen) atoms. The Labute approximate surface area is 123 Å². The molecule has 1 aliphatic heterocycles. The number of hydrogen-bond donors (Lipinski definition) is 2. The van der Waals surface area contributed by atoms with Crippen LogP contribution in [-0.4, -0.2) is 48.1 Å². The average Bonchev–Trinajstić information content (AvgIpc) is 2.87. The molecule has 6 heteroatoms. The van der Waals surface area contributed by atoms with Crippen LogP contribution in [0, 0.1) is 6.92 Å². The summed E-state index contributed by atoms with van der Waals surface area (Å²) in [6.07, 6.45) is 1.40. The number of amides is 1. The van der Waals surface area contributed by atoms with E-state index >= 15 is 0 Å². The van der Waals surface area contributed by atoms with Gasteiger partial charge >= 0.3 is 5.97 Å². The summed E-state index contributed by atoms with van der Waals surface area (Å²) in [4.78, 5) is 24.9. The fourth-order valence-corrected chi connectivity index (χ4v) is 2.59. The van der Waals surface area contributed by atoms with Gasteiger partial charge in [0.1, 0.15) is 11.8 Å². The first kappa shape index (κ1) is 15.3. The maximum Gasteiger partial charge on any atom is 0.320 e. The topological polar surface area (TPSA) is 78.9 Å². The molecule has 0 saturated carbocycles. The number of carboxylic acids is 1. The van der Waals surface area contributed by atoms with Crippen molar-refractivity contribution in [3.05, 3.63) is 23.8 Å². The van der Waals surface area contributed by atoms with Crippen LogP contribution in [-0.2, 0) is 9.59 Å². The minimum Gasteiger partial charge on any atom is -0.495 e. The molecule has 114 valence electrons. The number of nitrogens with zero attached hydrogens (tertiary/aromatic N) is 1. The van der Waals surface area contributed by atoms with Crippen LogP contribution in [0.25, 0.3) is 0 Å². The number of nitrogens with one attached hydrogen (secondary N) is 1. The second kappa shape index (κ2) is 6.58. The molecule has 0 aromatic heterocycles. The van der Waals surface area contributed by atoms with Gasteiger partial charge in [-0.3, -0.25) is 14.5 Å². The van der Waals surface area contributed by atoms with Crippen LogP contribution >= 0.6 is 0 Å². The van der Waals surface area contributed by atoms with Crippen molar-refractivity contribution in [2.75, 3.05) is 25.5 Å². The fourth-order valence-electron chi connectivity index (χ4n) is 2.59. The Morgan fingerprint density at radius 1 is 1.48 bits per heavy atom. The number of benzene rings is 1. The van der Waals surface area contributed by atoms with Crippen molar-refractivity contribution in [1.82, 2.24) is 4.90 Å². The van der Waals surface area contributed by atoms with E-state index in [0.29, 0.717) is 24.4 Å². The molecule has 0 spiro atoms. The zero-order valence-corrected chi connectivity index (χ0v) is 12.3. The lowest BCUT2D eigenvalue weighted by atomic mass is 10.2. The molecular weight excluding hydrogens is 272 g/mol. The Kier molecular flexibility index (Phi) is 4.80. The number of carbonyl (C=O) groups is 2. The van der Waals surface area contributed by atoms with E-state index in [0.717, 1.165) is 12.0 Å². The highest BCUT2D eigenvalue weighted by molar-refractivity contribution is 5.94. The average molecular weight is 292 g/mol. The number of rotatable bonds is 5. The van der Waals surface area contributed by atoms with E-state index in [1.807, 2.05) is 19.1 Å². The Morgan fingerprint density at radius 3 is 2.90 bits per heavy atom. The molecule has 6 nitrogen and oxygen atoms in total. The standard InChI is InChI=1S/C15H20N2O4/c1-10-5-6-13(21-2)11(8-10)16-14(18)9-17-7-3-4-12(17)15(19)20/h5-6,8,12H,3-4,7,9H2,1-2H3,(H,16,18)(H,19,20)/t12-/m0/s1. The summed E-state index contributed by atoms with van der Waals surface area (Å²) in [5.74, 6) is -0.509. The van der Waals surface area contributed by atoms with E-state index in [1.165, 1.54) is 0 Å². The number of carboxylic acid groups (broad SMARTS) is 1. The molecule has 0 aliphatic carbocycles. The third kappa shape index (κ3) is 3.72. The van der Waals surface area contributed by atoms with E-state index in [4.69, 9.17) is 9.84 Å². The minimum absolute atomic E-state index is 0.0774. The molecule has 1 atom stereocenters. The highest BCUT2D eigenvalue weighted by Crippen LogP contribution is 2.25. The molecule has 1 fully saturated rings. The predicted molar refractivity (Wildman–Crippen MR) is 78.6 cm³/mol. The predicted octanol–water partition coefficient (Wildman–Crippen LogP) is 1.49. The summed E-state index contributed by atoms with van der Waals surface area (Å²) in [5.41, 5.74) is 1.62. The van der Waals surface area contributed by atoms with Crippen molar-refractivity contribution in [3.8, 4) is 5.75 Å². The molecular formula is C15H20N2O4. The van der Waals surface area contributed by atoms with Gasteiger partial charge in [0.2, 0.25) is 5.91 Å². The van der Waals surface area contributed by atoms with Crippen molar-refractivity contribution in [2.45, 2.75) is 25.8 Å².